The molecule has 0 fully saturated rings. The molecule has 0 saturated carbocycles. The molecule has 0 aliphatic carbocycles. The second kappa shape index (κ2) is 9.93. The summed E-state index contributed by atoms with van der Waals surface area (Å²) in [4.78, 5) is 12.4. The van der Waals surface area contributed by atoms with E-state index in [4.69, 9.17) is 27.9 Å². The van der Waals surface area contributed by atoms with Crippen LogP contribution in [0.4, 0.5) is 0 Å². The lowest BCUT2D eigenvalue weighted by atomic mass is 10.2. The van der Waals surface area contributed by atoms with Crippen LogP contribution < -0.4 is 10.1 Å². The van der Waals surface area contributed by atoms with Gasteiger partial charge in [-0.3, -0.25) is 4.79 Å². The monoisotopic (exact) mass is 442 g/mol. The fourth-order valence-electron chi connectivity index (χ4n) is 2.36. The lowest BCUT2D eigenvalue weighted by Gasteiger charge is -2.20. The minimum Gasteiger partial charge on any atom is -0.497 e. The number of carbonyl (C=O) groups excluding carboxylic acids is 1. The Morgan fingerprint density at radius 1 is 1.21 bits per heavy atom. The first-order chi connectivity index (χ1) is 13.3. The third-order valence-corrected chi connectivity index (χ3v) is 6.25. The average Bonchev–Trinajstić information content (AvgIpc) is 2.67. The van der Waals surface area contributed by atoms with Crippen LogP contribution in [0, 0.1) is 0 Å². The molecule has 0 aliphatic rings. The van der Waals surface area contributed by atoms with Crippen molar-refractivity contribution in [2.45, 2.75) is 11.4 Å². The third kappa shape index (κ3) is 5.72. The van der Waals surface area contributed by atoms with Crippen LogP contribution in [0.3, 0.4) is 0 Å². The standard InChI is InChI=1S/C19H20Cl2N2O4S/c1-3-10-23(28(25,26)17-8-6-16(27-2)7-9-17)13-19(24)22-12-14-4-5-15(20)11-18(14)21/h3-9,11H,1,10,12-13H2,2H3,(H,22,24). The Bertz CT molecular complexity index is 947. The highest BCUT2D eigenvalue weighted by Crippen LogP contribution is 2.21. The van der Waals surface area contributed by atoms with Gasteiger partial charge in [0.2, 0.25) is 15.9 Å². The van der Waals surface area contributed by atoms with Crippen molar-refractivity contribution in [2.24, 2.45) is 0 Å². The van der Waals surface area contributed by atoms with E-state index >= 15 is 0 Å². The molecular weight excluding hydrogens is 423 g/mol. The van der Waals surface area contributed by atoms with Crippen LogP contribution in [0.2, 0.25) is 10.0 Å². The molecule has 2 aromatic carbocycles. The quantitative estimate of drug-likeness (QED) is 0.602. The Hall–Kier alpha value is -2.06. The van der Waals surface area contributed by atoms with Gasteiger partial charge < -0.3 is 10.1 Å². The number of nitrogens with one attached hydrogen (secondary N) is 1. The van der Waals surface area contributed by atoms with Gasteiger partial charge in [0.15, 0.2) is 0 Å². The van der Waals surface area contributed by atoms with Gasteiger partial charge in [0, 0.05) is 23.1 Å². The fraction of sp³-hybridized carbons (Fsp3) is 0.211. The van der Waals surface area contributed by atoms with Crippen LogP contribution in [0.5, 0.6) is 5.75 Å². The first-order valence-corrected chi connectivity index (χ1v) is 10.4. The molecule has 0 spiro atoms. The summed E-state index contributed by atoms with van der Waals surface area (Å²) in [6.45, 7) is 3.35. The molecule has 0 saturated heterocycles. The zero-order chi connectivity index (χ0) is 20.7. The topological polar surface area (TPSA) is 75.7 Å². The van der Waals surface area contributed by atoms with Gasteiger partial charge in [0.1, 0.15) is 5.75 Å². The second-order valence-corrected chi connectivity index (χ2v) is 8.56. The van der Waals surface area contributed by atoms with Gasteiger partial charge in [-0.15, -0.1) is 6.58 Å². The van der Waals surface area contributed by atoms with Gasteiger partial charge in [0.25, 0.3) is 0 Å². The van der Waals surface area contributed by atoms with Crippen molar-refractivity contribution in [3.63, 3.8) is 0 Å². The summed E-state index contributed by atoms with van der Waals surface area (Å²) in [5.41, 5.74) is 0.674. The smallest absolute Gasteiger partial charge is 0.243 e. The van der Waals surface area contributed by atoms with Crippen LogP contribution in [-0.4, -0.2) is 38.8 Å². The molecule has 150 valence electrons. The summed E-state index contributed by atoms with van der Waals surface area (Å²) in [7, 11) is -2.39. The number of methoxy groups -OCH3 is 1. The van der Waals surface area contributed by atoms with E-state index < -0.39 is 15.9 Å². The maximum atomic E-state index is 12.8. The highest BCUT2D eigenvalue weighted by atomic mass is 35.5. The molecule has 0 heterocycles. The highest BCUT2D eigenvalue weighted by Gasteiger charge is 2.25. The molecule has 0 aliphatic heterocycles. The van der Waals surface area contributed by atoms with E-state index in [1.165, 1.54) is 25.3 Å². The van der Waals surface area contributed by atoms with Gasteiger partial charge >= 0.3 is 0 Å². The Kier molecular flexibility index (Phi) is 7.88. The number of amides is 1. The summed E-state index contributed by atoms with van der Waals surface area (Å²) >= 11 is 11.9. The Labute approximate surface area is 174 Å². The maximum absolute atomic E-state index is 12.8. The normalized spacial score (nSPS) is 11.3. The number of hydrogen-bond donors (Lipinski definition) is 1. The van der Waals surface area contributed by atoms with E-state index in [9.17, 15) is 13.2 Å². The van der Waals surface area contributed by atoms with Gasteiger partial charge in [-0.25, -0.2) is 8.42 Å². The minimum atomic E-state index is -3.88. The highest BCUT2D eigenvalue weighted by molar-refractivity contribution is 7.89. The van der Waals surface area contributed by atoms with E-state index in [0.29, 0.717) is 21.4 Å². The number of carbonyl (C=O) groups is 1. The summed E-state index contributed by atoms with van der Waals surface area (Å²) < 4.78 is 31.8. The maximum Gasteiger partial charge on any atom is 0.243 e. The van der Waals surface area contributed by atoms with Crippen molar-refractivity contribution in [1.29, 1.82) is 0 Å². The molecule has 2 rings (SSSR count). The first-order valence-electron chi connectivity index (χ1n) is 8.23. The number of halogens is 2. The number of ether oxygens (including phenoxy) is 1. The molecular formula is C19H20Cl2N2O4S. The van der Waals surface area contributed by atoms with Crippen LogP contribution in [0.1, 0.15) is 5.56 Å². The fourth-order valence-corrected chi connectivity index (χ4v) is 4.21. The molecule has 0 bridgehead atoms. The van der Waals surface area contributed by atoms with E-state index in [-0.39, 0.29) is 24.5 Å². The molecule has 1 amide bonds. The molecule has 28 heavy (non-hydrogen) atoms. The summed E-state index contributed by atoms with van der Waals surface area (Å²) in [6, 6.07) is 10.9. The predicted octanol–water partition coefficient (Wildman–Crippen LogP) is 3.50. The Morgan fingerprint density at radius 2 is 1.89 bits per heavy atom. The summed E-state index contributed by atoms with van der Waals surface area (Å²) in [6.07, 6.45) is 1.42. The Balaban J connectivity index is 2.09. The Morgan fingerprint density at radius 3 is 2.46 bits per heavy atom. The van der Waals surface area contributed by atoms with Crippen molar-refractivity contribution in [3.8, 4) is 5.75 Å². The van der Waals surface area contributed by atoms with Crippen molar-refractivity contribution < 1.29 is 17.9 Å². The SMILES string of the molecule is C=CCN(CC(=O)NCc1ccc(Cl)cc1Cl)S(=O)(=O)c1ccc(OC)cc1. The lowest BCUT2D eigenvalue weighted by Crippen LogP contribution is -2.40. The van der Waals surface area contributed by atoms with E-state index in [1.54, 1.807) is 30.3 Å². The molecule has 0 atom stereocenters. The van der Waals surface area contributed by atoms with E-state index in [2.05, 4.69) is 11.9 Å². The molecule has 0 unspecified atom stereocenters. The van der Waals surface area contributed by atoms with Crippen molar-refractivity contribution in [1.82, 2.24) is 9.62 Å². The average molecular weight is 443 g/mol. The number of sulfonamides is 1. The number of hydrogen-bond acceptors (Lipinski definition) is 4. The number of benzene rings is 2. The molecule has 1 N–H and O–H groups in total. The van der Waals surface area contributed by atoms with Crippen molar-refractivity contribution in [3.05, 3.63) is 70.7 Å². The third-order valence-electron chi connectivity index (χ3n) is 3.84. The zero-order valence-electron chi connectivity index (χ0n) is 15.2. The molecule has 9 heteroatoms. The van der Waals surface area contributed by atoms with Gasteiger partial charge in [-0.2, -0.15) is 4.31 Å². The van der Waals surface area contributed by atoms with Crippen molar-refractivity contribution >= 4 is 39.1 Å². The van der Waals surface area contributed by atoms with Crippen LogP contribution in [0.25, 0.3) is 0 Å². The van der Waals surface area contributed by atoms with Crippen LogP contribution in [0.15, 0.2) is 60.0 Å². The van der Waals surface area contributed by atoms with Gasteiger partial charge in [-0.1, -0.05) is 35.3 Å². The minimum absolute atomic E-state index is 0.0104. The van der Waals surface area contributed by atoms with Crippen LogP contribution in [-0.2, 0) is 21.4 Å². The molecule has 0 aromatic heterocycles. The van der Waals surface area contributed by atoms with Gasteiger partial charge in [-0.05, 0) is 42.0 Å². The number of rotatable bonds is 9. The largest absolute Gasteiger partial charge is 0.497 e. The van der Waals surface area contributed by atoms with Crippen molar-refractivity contribution in [2.75, 3.05) is 20.2 Å². The predicted molar refractivity (Wildman–Crippen MR) is 110 cm³/mol. The van der Waals surface area contributed by atoms with E-state index in [0.717, 1.165) is 4.31 Å². The zero-order valence-corrected chi connectivity index (χ0v) is 17.5. The summed E-state index contributed by atoms with van der Waals surface area (Å²) in [5.74, 6) is 0.0664. The van der Waals surface area contributed by atoms with Crippen LogP contribution >= 0.6 is 23.2 Å². The summed E-state index contributed by atoms with van der Waals surface area (Å²) in [5, 5.41) is 3.57. The van der Waals surface area contributed by atoms with Gasteiger partial charge in [0.05, 0.1) is 18.6 Å². The molecule has 6 nitrogen and oxygen atoms in total. The molecule has 0 radical (unpaired) electrons. The van der Waals surface area contributed by atoms with E-state index in [1.807, 2.05) is 0 Å². The number of nitrogens with zero attached hydrogens (tertiary/aromatic N) is 1. The second-order valence-electron chi connectivity index (χ2n) is 5.77. The lowest BCUT2D eigenvalue weighted by molar-refractivity contribution is -0.121. The first kappa shape index (κ1) is 22.2. The molecule has 2 aromatic rings.